The van der Waals surface area contributed by atoms with Crippen LogP contribution in [0.15, 0.2) is 24.3 Å². The Morgan fingerprint density at radius 3 is 2.65 bits per heavy atom. The highest BCUT2D eigenvalue weighted by Gasteiger charge is 2.11. The van der Waals surface area contributed by atoms with E-state index in [1.165, 1.54) is 0 Å². The Bertz CT molecular complexity index is 358. The lowest BCUT2D eigenvalue weighted by atomic mass is 10.0. The molecule has 3 heteroatoms. The summed E-state index contributed by atoms with van der Waals surface area (Å²) in [6, 6.07) is 7.53. The summed E-state index contributed by atoms with van der Waals surface area (Å²) >= 11 is 0. The average Bonchev–Trinajstić information content (AvgIpc) is 2.29. The van der Waals surface area contributed by atoms with E-state index < -0.39 is 6.16 Å². The van der Waals surface area contributed by atoms with Gasteiger partial charge in [-0.05, 0) is 24.0 Å². The molecule has 0 aliphatic carbocycles. The second-order valence-electron chi connectivity index (χ2n) is 4.25. The predicted molar refractivity (Wildman–Crippen MR) is 67.4 cm³/mol. The van der Waals surface area contributed by atoms with Crippen LogP contribution in [-0.4, -0.2) is 12.8 Å². The van der Waals surface area contributed by atoms with Crippen LogP contribution in [0.25, 0.3) is 0 Å². The maximum absolute atomic E-state index is 11.4. The van der Waals surface area contributed by atoms with Gasteiger partial charge in [0.25, 0.3) is 0 Å². The minimum absolute atomic E-state index is 0.314. The molecular weight excluding hydrogens is 216 g/mol. The molecule has 0 saturated heterocycles. The molecule has 0 aliphatic rings. The molecule has 1 aromatic carbocycles. The zero-order valence-electron chi connectivity index (χ0n) is 10.7. The van der Waals surface area contributed by atoms with Gasteiger partial charge in [-0.25, -0.2) is 4.79 Å². The van der Waals surface area contributed by atoms with Crippen molar-refractivity contribution in [1.29, 1.82) is 0 Å². The van der Waals surface area contributed by atoms with Crippen LogP contribution < -0.4 is 4.74 Å². The maximum atomic E-state index is 11.4. The largest absolute Gasteiger partial charge is 0.513 e. The number of para-hydroxylation sites is 1. The maximum Gasteiger partial charge on any atom is 0.513 e. The van der Waals surface area contributed by atoms with Gasteiger partial charge < -0.3 is 9.47 Å². The van der Waals surface area contributed by atoms with Crippen LogP contribution in [0.5, 0.6) is 5.75 Å². The number of carbonyl (C=O) groups excluding carboxylic acids is 1. The molecule has 0 radical (unpaired) electrons. The van der Waals surface area contributed by atoms with Crippen molar-refractivity contribution in [2.24, 2.45) is 0 Å². The third-order valence-corrected chi connectivity index (χ3v) is 2.45. The van der Waals surface area contributed by atoms with Crippen LogP contribution in [0.3, 0.4) is 0 Å². The summed E-state index contributed by atoms with van der Waals surface area (Å²) in [5.41, 5.74) is 1.01. The highest BCUT2D eigenvalue weighted by atomic mass is 16.7. The quantitative estimate of drug-likeness (QED) is 0.438. The summed E-state index contributed by atoms with van der Waals surface area (Å²) in [5.74, 6) is 0.902. The van der Waals surface area contributed by atoms with Crippen LogP contribution >= 0.6 is 0 Å². The Morgan fingerprint density at radius 2 is 2.00 bits per heavy atom. The third-order valence-electron chi connectivity index (χ3n) is 2.45. The molecule has 0 saturated carbocycles. The molecule has 1 rings (SSSR count). The van der Waals surface area contributed by atoms with Gasteiger partial charge in [0, 0.05) is 0 Å². The van der Waals surface area contributed by atoms with Crippen LogP contribution in [-0.2, 0) is 4.74 Å². The molecular formula is C14H20O3. The first-order chi connectivity index (χ1) is 8.15. The van der Waals surface area contributed by atoms with Gasteiger partial charge in [-0.1, -0.05) is 45.4 Å². The van der Waals surface area contributed by atoms with Crippen LogP contribution in [0.2, 0.25) is 0 Å². The summed E-state index contributed by atoms with van der Waals surface area (Å²) in [7, 11) is 0. The van der Waals surface area contributed by atoms with Crippen molar-refractivity contribution in [2.45, 2.75) is 39.5 Å². The van der Waals surface area contributed by atoms with E-state index in [9.17, 15) is 4.79 Å². The first-order valence-electron chi connectivity index (χ1n) is 6.08. The molecule has 0 heterocycles. The average molecular weight is 236 g/mol. The third kappa shape index (κ3) is 4.47. The lowest BCUT2D eigenvalue weighted by Gasteiger charge is -2.12. The molecule has 0 bridgehead atoms. The van der Waals surface area contributed by atoms with E-state index in [1.807, 2.05) is 25.1 Å². The van der Waals surface area contributed by atoms with Gasteiger partial charge in [0.2, 0.25) is 0 Å². The second-order valence-corrected chi connectivity index (χ2v) is 4.25. The number of hydrogen-bond acceptors (Lipinski definition) is 3. The predicted octanol–water partition coefficient (Wildman–Crippen LogP) is 4.13. The summed E-state index contributed by atoms with van der Waals surface area (Å²) in [5, 5.41) is 0. The molecule has 0 N–H and O–H groups in total. The van der Waals surface area contributed by atoms with E-state index in [1.54, 1.807) is 6.07 Å². The molecule has 0 spiro atoms. The van der Waals surface area contributed by atoms with Crippen molar-refractivity contribution in [1.82, 2.24) is 0 Å². The summed E-state index contributed by atoms with van der Waals surface area (Å²) in [6.45, 7) is 6.58. The molecule has 0 atom stereocenters. The summed E-state index contributed by atoms with van der Waals surface area (Å²) in [6.07, 6.45) is 1.24. The Kier molecular flexibility index (Phi) is 5.53. The summed E-state index contributed by atoms with van der Waals surface area (Å²) < 4.78 is 10.2. The molecule has 0 aliphatic heterocycles. The number of benzene rings is 1. The fourth-order valence-electron chi connectivity index (χ4n) is 1.47. The number of rotatable bonds is 5. The lowest BCUT2D eigenvalue weighted by Crippen LogP contribution is -2.12. The number of carbonyl (C=O) groups is 1. The van der Waals surface area contributed by atoms with Gasteiger partial charge in [-0.15, -0.1) is 0 Å². The lowest BCUT2D eigenvalue weighted by molar-refractivity contribution is 0.0974. The zero-order valence-corrected chi connectivity index (χ0v) is 10.7. The molecule has 0 fully saturated rings. The van der Waals surface area contributed by atoms with E-state index >= 15 is 0 Å². The Hall–Kier alpha value is -1.51. The van der Waals surface area contributed by atoms with E-state index in [2.05, 4.69) is 13.8 Å². The molecule has 0 aromatic heterocycles. The first kappa shape index (κ1) is 13.6. The van der Waals surface area contributed by atoms with E-state index in [-0.39, 0.29) is 0 Å². The second kappa shape index (κ2) is 6.94. The van der Waals surface area contributed by atoms with Gasteiger partial charge >= 0.3 is 6.16 Å². The minimum Gasteiger partial charge on any atom is -0.434 e. The van der Waals surface area contributed by atoms with Crippen molar-refractivity contribution in [3.05, 3.63) is 29.8 Å². The van der Waals surface area contributed by atoms with Crippen molar-refractivity contribution in [3.8, 4) is 5.75 Å². The highest BCUT2D eigenvalue weighted by Crippen LogP contribution is 2.26. The van der Waals surface area contributed by atoms with Crippen molar-refractivity contribution < 1.29 is 14.3 Å². The molecule has 17 heavy (non-hydrogen) atoms. The topological polar surface area (TPSA) is 35.5 Å². The van der Waals surface area contributed by atoms with E-state index in [4.69, 9.17) is 9.47 Å². The SMILES string of the molecule is CCCCOC(=O)Oc1ccccc1C(C)C. The summed E-state index contributed by atoms with van der Waals surface area (Å²) in [4.78, 5) is 11.4. The zero-order chi connectivity index (χ0) is 12.7. The van der Waals surface area contributed by atoms with Crippen molar-refractivity contribution in [3.63, 3.8) is 0 Å². The van der Waals surface area contributed by atoms with Crippen molar-refractivity contribution >= 4 is 6.16 Å². The van der Waals surface area contributed by atoms with Crippen molar-refractivity contribution in [2.75, 3.05) is 6.61 Å². The number of ether oxygens (including phenoxy) is 2. The van der Waals surface area contributed by atoms with E-state index in [0.717, 1.165) is 18.4 Å². The number of hydrogen-bond donors (Lipinski definition) is 0. The molecule has 94 valence electrons. The highest BCUT2D eigenvalue weighted by molar-refractivity contribution is 5.64. The first-order valence-corrected chi connectivity index (χ1v) is 6.08. The molecule has 3 nitrogen and oxygen atoms in total. The minimum atomic E-state index is -0.619. The standard InChI is InChI=1S/C14H20O3/c1-4-5-10-16-14(15)17-13-9-7-6-8-12(13)11(2)3/h6-9,11H,4-5,10H2,1-3H3. The molecule has 1 aromatic rings. The molecule has 0 unspecified atom stereocenters. The smallest absolute Gasteiger partial charge is 0.434 e. The van der Waals surface area contributed by atoms with Crippen LogP contribution in [0.4, 0.5) is 4.79 Å². The Balaban J connectivity index is 2.58. The van der Waals surface area contributed by atoms with Gasteiger partial charge in [-0.3, -0.25) is 0 Å². The van der Waals surface area contributed by atoms with Crippen LogP contribution in [0.1, 0.15) is 45.1 Å². The Morgan fingerprint density at radius 1 is 1.29 bits per heavy atom. The van der Waals surface area contributed by atoms with Gasteiger partial charge in [0.15, 0.2) is 0 Å². The normalized spacial score (nSPS) is 10.4. The molecule has 0 amide bonds. The van der Waals surface area contributed by atoms with Gasteiger partial charge in [0.05, 0.1) is 6.61 Å². The Labute approximate surface area is 103 Å². The monoisotopic (exact) mass is 236 g/mol. The van der Waals surface area contributed by atoms with Gasteiger partial charge in [-0.2, -0.15) is 0 Å². The fourth-order valence-corrected chi connectivity index (χ4v) is 1.47. The van der Waals surface area contributed by atoms with Gasteiger partial charge in [0.1, 0.15) is 5.75 Å². The fraction of sp³-hybridized carbons (Fsp3) is 0.500. The number of unbranched alkanes of at least 4 members (excludes halogenated alkanes) is 1. The van der Waals surface area contributed by atoms with E-state index in [0.29, 0.717) is 18.3 Å². The van der Waals surface area contributed by atoms with Crippen LogP contribution in [0, 0.1) is 0 Å².